The minimum absolute atomic E-state index is 0.0736. The van der Waals surface area contributed by atoms with E-state index >= 15 is 0 Å². The SMILES string of the molecule is Cc1ccn(CCC(=O)N2CCO[C@@H](c3nc(-c4cccs4)no3)C2)n1. The summed E-state index contributed by atoms with van der Waals surface area (Å²) in [6.07, 6.45) is 1.90. The molecule has 0 unspecified atom stereocenters. The molecule has 26 heavy (non-hydrogen) atoms. The fraction of sp³-hybridized carbons (Fsp3) is 0.412. The van der Waals surface area contributed by atoms with Crippen LogP contribution in [0.4, 0.5) is 0 Å². The number of ether oxygens (including phenoxy) is 1. The topological polar surface area (TPSA) is 86.3 Å². The lowest BCUT2D eigenvalue weighted by atomic mass is 10.2. The van der Waals surface area contributed by atoms with Gasteiger partial charge in [0.25, 0.3) is 5.89 Å². The van der Waals surface area contributed by atoms with Crippen molar-refractivity contribution in [2.75, 3.05) is 19.7 Å². The Bertz CT molecular complexity index is 873. The third-order valence-corrected chi connectivity index (χ3v) is 5.07. The molecule has 136 valence electrons. The predicted molar refractivity (Wildman–Crippen MR) is 94.5 cm³/mol. The van der Waals surface area contributed by atoms with Crippen LogP contribution in [0.1, 0.15) is 24.1 Å². The number of amides is 1. The van der Waals surface area contributed by atoms with Gasteiger partial charge in [0, 0.05) is 25.7 Å². The smallest absolute Gasteiger partial charge is 0.257 e. The van der Waals surface area contributed by atoms with Crippen molar-refractivity contribution in [3.05, 3.63) is 41.4 Å². The minimum Gasteiger partial charge on any atom is -0.365 e. The van der Waals surface area contributed by atoms with Crippen LogP contribution in [0.15, 0.2) is 34.3 Å². The first-order valence-corrected chi connectivity index (χ1v) is 9.34. The molecule has 0 spiro atoms. The highest BCUT2D eigenvalue weighted by Gasteiger charge is 2.29. The number of nitrogens with zero attached hydrogens (tertiary/aromatic N) is 5. The maximum atomic E-state index is 12.5. The average Bonchev–Trinajstić information content (AvgIpc) is 3.40. The van der Waals surface area contributed by atoms with Gasteiger partial charge in [-0.15, -0.1) is 11.3 Å². The number of hydrogen-bond acceptors (Lipinski definition) is 7. The number of morpholine rings is 1. The van der Waals surface area contributed by atoms with Gasteiger partial charge in [0.15, 0.2) is 6.10 Å². The van der Waals surface area contributed by atoms with Crippen molar-refractivity contribution in [2.24, 2.45) is 0 Å². The van der Waals surface area contributed by atoms with Gasteiger partial charge < -0.3 is 14.2 Å². The zero-order valence-electron chi connectivity index (χ0n) is 14.4. The minimum atomic E-state index is -0.388. The van der Waals surface area contributed by atoms with E-state index in [4.69, 9.17) is 9.26 Å². The molecule has 1 atom stereocenters. The second kappa shape index (κ2) is 7.38. The molecular weight excluding hydrogens is 354 g/mol. The molecule has 1 fully saturated rings. The molecule has 3 aromatic rings. The normalized spacial score (nSPS) is 17.6. The summed E-state index contributed by atoms with van der Waals surface area (Å²) in [5.74, 6) is 1.04. The van der Waals surface area contributed by atoms with E-state index in [9.17, 15) is 4.79 Å². The average molecular weight is 373 g/mol. The number of carbonyl (C=O) groups is 1. The van der Waals surface area contributed by atoms with E-state index < -0.39 is 0 Å². The van der Waals surface area contributed by atoms with Crippen LogP contribution in [0.5, 0.6) is 0 Å². The summed E-state index contributed by atoms with van der Waals surface area (Å²) >= 11 is 1.55. The quantitative estimate of drug-likeness (QED) is 0.682. The van der Waals surface area contributed by atoms with Crippen LogP contribution in [0, 0.1) is 6.92 Å². The summed E-state index contributed by atoms with van der Waals surface area (Å²) in [6, 6.07) is 5.80. The fourth-order valence-electron chi connectivity index (χ4n) is 2.85. The zero-order chi connectivity index (χ0) is 17.9. The Morgan fingerprint density at radius 2 is 2.35 bits per heavy atom. The maximum absolute atomic E-state index is 12.5. The Balaban J connectivity index is 1.37. The molecule has 1 amide bonds. The van der Waals surface area contributed by atoms with Crippen LogP contribution < -0.4 is 0 Å². The van der Waals surface area contributed by atoms with Gasteiger partial charge in [0.1, 0.15) is 0 Å². The third-order valence-electron chi connectivity index (χ3n) is 4.21. The van der Waals surface area contributed by atoms with Gasteiger partial charge in [-0.25, -0.2) is 0 Å². The van der Waals surface area contributed by atoms with E-state index in [0.29, 0.717) is 44.4 Å². The molecule has 4 heterocycles. The molecule has 3 aromatic heterocycles. The summed E-state index contributed by atoms with van der Waals surface area (Å²) in [5.41, 5.74) is 0.946. The van der Waals surface area contributed by atoms with Crippen molar-refractivity contribution < 1.29 is 14.1 Å². The van der Waals surface area contributed by atoms with Crippen LogP contribution in [0.3, 0.4) is 0 Å². The summed E-state index contributed by atoms with van der Waals surface area (Å²) < 4.78 is 12.9. The van der Waals surface area contributed by atoms with Gasteiger partial charge in [0.05, 0.1) is 23.7 Å². The van der Waals surface area contributed by atoms with Crippen molar-refractivity contribution in [1.29, 1.82) is 0 Å². The standard InChI is InChI=1S/C17H19N5O3S/c1-12-4-6-22(19-12)7-5-15(23)21-8-9-24-13(11-21)17-18-16(20-25-17)14-3-2-10-26-14/h2-4,6,10,13H,5,7-9,11H2,1H3/t13-/m1/s1. The van der Waals surface area contributed by atoms with E-state index in [1.165, 1.54) is 0 Å². The van der Waals surface area contributed by atoms with Crippen LogP contribution in [-0.4, -0.2) is 50.4 Å². The number of hydrogen-bond donors (Lipinski definition) is 0. The third kappa shape index (κ3) is 3.68. The zero-order valence-corrected chi connectivity index (χ0v) is 15.2. The molecule has 0 bridgehead atoms. The summed E-state index contributed by atoms with van der Waals surface area (Å²) in [7, 11) is 0. The van der Waals surface area contributed by atoms with Crippen LogP contribution in [0.25, 0.3) is 10.7 Å². The summed E-state index contributed by atoms with van der Waals surface area (Å²) in [6.45, 7) is 3.94. The number of aromatic nitrogens is 4. The predicted octanol–water partition coefficient (Wildman–Crippen LogP) is 2.29. The van der Waals surface area contributed by atoms with E-state index in [-0.39, 0.29) is 12.0 Å². The highest BCUT2D eigenvalue weighted by atomic mass is 32.1. The Morgan fingerprint density at radius 1 is 1.42 bits per heavy atom. The first-order valence-electron chi connectivity index (χ1n) is 8.46. The maximum Gasteiger partial charge on any atom is 0.257 e. The molecule has 0 saturated carbocycles. The summed E-state index contributed by atoms with van der Waals surface area (Å²) in [5, 5.41) is 10.3. The first-order chi connectivity index (χ1) is 12.7. The Labute approximate surface area is 154 Å². The number of rotatable bonds is 5. The van der Waals surface area contributed by atoms with E-state index in [0.717, 1.165) is 10.6 Å². The number of aryl methyl sites for hydroxylation is 2. The van der Waals surface area contributed by atoms with Gasteiger partial charge in [-0.3, -0.25) is 9.48 Å². The molecule has 4 rings (SSSR count). The van der Waals surface area contributed by atoms with Gasteiger partial charge >= 0.3 is 0 Å². The van der Waals surface area contributed by atoms with Gasteiger partial charge in [-0.2, -0.15) is 10.1 Å². The molecule has 0 aliphatic carbocycles. The molecule has 8 nitrogen and oxygen atoms in total. The highest BCUT2D eigenvalue weighted by Crippen LogP contribution is 2.26. The van der Waals surface area contributed by atoms with Crippen molar-refractivity contribution in [2.45, 2.75) is 26.0 Å². The van der Waals surface area contributed by atoms with Gasteiger partial charge in [-0.1, -0.05) is 11.2 Å². The first kappa shape index (κ1) is 16.9. The van der Waals surface area contributed by atoms with E-state index in [1.807, 2.05) is 36.7 Å². The monoisotopic (exact) mass is 373 g/mol. The van der Waals surface area contributed by atoms with Crippen LogP contribution >= 0.6 is 11.3 Å². The second-order valence-electron chi connectivity index (χ2n) is 6.10. The van der Waals surface area contributed by atoms with Crippen molar-refractivity contribution >= 4 is 17.2 Å². The highest BCUT2D eigenvalue weighted by molar-refractivity contribution is 7.13. The van der Waals surface area contributed by atoms with Crippen molar-refractivity contribution in [3.8, 4) is 10.7 Å². The molecule has 1 saturated heterocycles. The fourth-order valence-corrected chi connectivity index (χ4v) is 3.50. The number of thiophene rings is 1. The molecular formula is C17H19N5O3S. The number of carbonyl (C=O) groups excluding carboxylic acids is 1. The van der Waals surface area contributed by atoms with Crippen LogP contribution in [-0.2, 0) is 16.1 Å². The molecule has 0 aromatic carbocycles. The lowest BCUT2D eigenvalue weighted by Gasteiger charge is -2.31. The Kier molecular flexibility index (Phi) is 4.81. The van der Waals surface area contributed by atoms with Gasteiger partial charge in [-0.05, 0) is 24.4 Å². The van der Waals surface area contributed by atoms with E-state index in [2.05, 4.69) is 15.2 Å². The molecule has 1 aliphatic heterocycles. The van der Waals surface area contributed by atoms with E-state index in [1.54, 1.807) is 20.9 Å². The molecule has 0 radical (unpaired) electrons. The second-order valence-corrected chi connectivity index (χ2v) is 7.05. The van der Waals surface area contributed by atoms with Gasteiger partial charge in [0.2, 0.25) is 11.7 Å². The van der Waals surface area contributed by atoms with Crippen molar-refractivity contribution in [1.82, 2.24) is 24.8 Å². The summed E-state index contributed by atoms with van der Waals surface area (Å²) in [4.78, 5) is 19.7. The lowest BCUT2D eigenvalue weighted by molar-refractivity contribution is -0.140. The lowest BCUT2D eigenvalue weighted by Crippen LogP contribution is -2.42. The van der Waals surface area contributed by atoms with Crippen molar-refractivity contribution in [3.63, 3.8) is 0 Å². The molecule has 0 N–H and O–H groups in total. The molecule has 1 aliphatic rings. The molecule has 9 heteroatoms. The Hall–Kier alpha value is -2.52. The Morgan fingerprint density at radius 3 is 3.12 bits per heavy atom. The largest absolute Gasteiger partial charge is 0.365 e. The van der Waals surface area contributed by atoms with Crippen LogP contribution in [0.2, 0.25) is 0 Å².